The van der Waals surface area contributed by atoms with Gasteiger partial charge in [0.15, 0.2) is 0 Å². The number of carbonyl (C=O) groups is 2. The summed E-state index contributed by atoms with van der Waals surface area (Å²) in [5, 5.41) is 14.8. The zero-order chi connectivity index (χ0) is 14.3. The van der Waals surface area contributed by atoms with E-state index in [4.69, 9.17) is 5.11 Å². The van der Waals surface area contributed by atoms with Gasteiger partial charge in [-0.2, -0.15) is 11.8 Å². The first-order valence-corrected chi connectivity index (χ1v) is 7.92. The van der Waals surface area contributed by atoms with Gasteiger partial charge in [0, 0.05) is 11.8 Å². The maximum absolute atomic E-state index is 11.7. The highest BCUT2D eigenvalue weighted by Gasteiger charge is 2.21. The molecule has 0 aromatic rings. The van der Waals surface area contributed by atoms with Gasteiger partial charge in [0.25, 0.3) is 0 Å². The molecule has 19 heavy (non-hydrogen) atoms. The Morgan fingerprint density at radius 3 is 2.63 bits per heavy atom. The Bertz CT molecular complexity index is 304. The van der Waals surface area contributed by atoms with Crippen molar-refractivity contribution in [2.45, 2.75) is 50.8 Å². The number of aliphatic carboxylic acids is 1. The molecule has 5 nitrogen and oxygen atoms in total. The number of carboxylic acids is 1. The number of hydrogen-bond donors (Lipinski definition) is 3. The fourth-order valence-corrected chi connectivity index (χ4v) is 3.32. The summed E-state index contributed by atoms with van der Waals surface area (Å²) in [7, 11) is 0. The van der Waals surface area contributed by atoms with Crippen molar-refractivity contribution in [2.24, 2.45) is 5.92 Å². The number of nitrogens with one attached hydrogen (secondary N) is 2. The maximum atomic E-state index is 11.7. The molecule has 1 rings (SSSR count). The van der Waals surface area contributed by atoms with Crippen LogP contribution in [0.4, 0.5) is 4.79 Å². The summed E-state index contributed by atoms with van der Waals surface area (Å²) in [6.07, 6.45) is 4.04. The molecule has 6 heteroatoms. The summed E-state index contributed by atoms with van der Waals surface area (Å²) >= 11 is 1.88. The number of urea groups is 1. The lowest BCUT2D eigenvalue weighted by Gasteiger charge is -2.22. The molecule has 0 spiro atoms. The van der Waals surface area contributed by atoms with E-state index >= 15 is 0 Å². The molecule has 1 fully saturated rings. The second-order valence-corrected chi connectivity index (χ2v) is 6.77. The number of carbonyl (C=O) groups excluding carboxylic acids is 1. The van der Waals surface area contributed by atoms with Gasteiger partial charge in [0.2, 0.25) is 0 Å². The molecular weight excluding hydrogens is 264 g/mol. The largest absolute Gasteiger partial charge is 0.480 e. The summed E-state index contributed by atoms with van der Waals surface area (Å²) in [6, 6.07) is -1.18. The Morgan fingerprint density at radius 2 is 2.11 bits per heavy atom. The van der Waals surface area contributed by atoms with Crippen LogP contribution in [0.2, 0.25) is 0 Å². The zero-order valence-electron chi connectivity index (χ0n) is 11.6. The van der Waals surface area contributed by atoms with Crippen LogP contribution in [0.5, 0.6) is 0 Å². The Morgan fingerprint density at radius 1 is 1.37 bits per heavy atom. The Balaban J connectivity index is 2.29. The lowest BCUT2D eigenvalue weighted by Crippen LogP contribution is -2.48. The van der Waals surface area contributed by atoms with E-state index in [1.807, 2.05) is 25.6 Å². The number of rotatable bonds is 6. The predicted octanol–water partition coefficient (Wildman–Crippen LogP) is 2.07. The van der Waals surface area contributed by atoms with Crippen LogP contribution in [0.3, 0.4) is 0 Å². The first kappa shape index (κ1) is 16.1. The molecule has 3 N–H and O–H groups in total. The molecule has 110 valence electrons. The standard InChI is InChI=1S/C13H24N2O3S/c1-9(2)7-11(12(16)17)15-13(18)14-8-10-5-3-4-6-19-10/h9-11H,3-8H2,1-2H3,(H,16,17)(H2,14,15,18)/t10?,11-/m0/s1. The molecular formula is C13H24N2O3S. The fraction of sp³-hybridized carbons (Fsp3) is 0.846. The number of amides is 2. The van der Waals surface area contributed by atoms with Crippen LogP contribution in [0.1, 0.15) is 39.5 Å². The summed E-state index contributed by atoms with van der Waals surface area (Å²) in [5.41, 5.74) is 0. The van der Waals surface area contributed by atoms with Crippen molar-refractivity contribution in [1.29, 1.82) is 0 Å². The highest BCUT2D eigenvalue weighted by molar-refractivity contribution is 7.99. The van der Waals surface area contributed by atoms with E-state index in [9.17, 15) is 9.59 Å². The number of carboxylic acid groups (broad SMARTS) is 1. The summed E-state index contributed by atoms with van der Waals surface area (Å²) in [5.74, 6) is 0.408. The van der Waals surface area contributed by atoms with Gasteiger partial charge in [-0.25, -0.2) is 9.59 Å². The topological polar surface area (TPSA) is 78.4 Å². The maximum Gasteiger partial charge on any atom is 0.326 e. The highest BCUT2D eigenvalue weighted by Crippen LogP contribution is 2.24. The van der Waals surface area contributed by atoms with Crippen LogP contribution in [-0.4, -0.2) is 40.7 Å². The second-order valence-electron chi connectivity index (χ2n) is 5.36. The van der Waals surface area contributed by atoms with Crippen LogP contribution in [0.15, 0.2) is 0 Å². The van der Waals surface area contributed by atoms with E-state index in [1.165, 1.54) is 12.8 Å². The molecule has 0 saturated carbocycles. The minimum Gasteiger partial charge on any atom is -0.480 e. The van der Waals surface area contributed by atoms with E-state index < -0.39 is 12.0 Å². The van der Waals surface area contributed by atoms with Crippen LogP contribution in [0.25, 0.3) is 0 Å². The molecule has 0 aromatic heterocycles. The molecule has 0 radical (unpaired) electrons. The van der Waals surface area contributed by atoms with E-state index in [1.54, 1.807) is 0 Å². The molecule has 2 amide bonds. The van der Waals surface area contributed by atoms with Crippen LogP contribution < -0.4 is 10.6 Å². The summed E-state index contributed by atoms with van der Waals surface area (Å²) < 4.78 is 0. The van der Waals surface area contributed by atoms with E-state index in [0.29, 0.717) is 18.2 Å². The van der Waals surface area contributed by atoms with Gasteiger partial charge in [0.05, 0.1) is 0 Å². The van der Waals surface area contributed by atoms with Gasteiger partial charge in [-0.15, -0.1) is 0 Å². The van der Waals surface area contributed by atoms with Crippen molar-refractivity contribution >= 4 is 23.8 Å². The second kappa shape index (κ2) is 8.30. The summed E-state index contributed by atoms with van der Waals surface area (Å²) in [6.45, 7) is 4.49. The molecule has 0 aromatic carbocycles. The van der Waals surface area contributed by atoms with Crippen molar-refractivity contribution in [3.05, 3.63) is 0 Å². The van der Waals surface area contributed by atoms with E-state index in [2.05, 4.69) is 10.6 Å². The van der Waals surface area contributed by atoms with E-state index in [-0.39, 0.29) is 11.9 Å². The molecule has 0 bridgehead atoms. The van der Waals surface area contributed by atoms with Crippen molar-refractivity contribution in [3.63, 3.8) is 0 Å². The fourth-order valence-electron chi connectivity index (χ4n) is 2.08. The number of hydrogen-bond acceptors (Lipinski definition) is 3. The highest BCUT2D eigenvalue weighted by atomic mass is 32.2. The van der Waals surface area contributed by atoms with Gasteiger partial charge in [-0.3, -0.25) is 0 Å². The van der Waals surface area contributed by atoms with Crippen molar-refractivity contribution in [3.8, 4) is 0 Å². The SMILES string of the molecule is CC(C)C[C@H](NC(=O)NCC1CCCCS1)C(=O)O. The van der Waals surface area contributed by atoms with E-state index in [0.717, 1.165) is 12.2 Å². The molecule has 2 atom stereocenters. The van der Waals surface area contributed by atoms with Crippen molar-refractivity contribution in [2.75, 3.05) is 12.3 Å². The van der Waals surface area contributed by atoms with Gasteiger partial charge < -0.3 is 15.7 Å². The minimum atomic E-state index is -0.976. The lowest BCUT2D eigenvalue weighted by atomic mass is 10.0. The van der Waals surface area contributed by atoms with Crippen molar-refractivity contribution < 1.29 is 14.7 Å². The third-order valence-corrected chi connectivity index (χ3v) is 4.47. The first-order valence-electron chi connectivity index (χ1n) is 6.87. The summed E-state index contributed by atoms with van der Waals surface area (Å²) in [4.78, 5) is 22.7. The molecule has 1 heterocycles. The van der Waals surface area contributed by atoms with Crippen LogP contribution in [-0.2, 0) is 4.79 Å². The molecule has 1 aliphatic heterocycles. The Hall–Kier alpha value is -0.910. The Kier molecular flexibility index (Phi) is 7.05. The third-order valence-electron chi connectivity index (χ3n) is 3.07. The molecule has 1 saturated heterocycles. The molecule has 0 aliphatic carbocycles. The first-order chi connectivity index (χ1) is 8.99. The van der Waals surface area contributed by atoms with Gasteiger partial charge in [-0.1, -0.05) is 20.3 Å². The Labute approximate surface area is 118 Å². The van der Waals surface area contributed by atoms with Gasteiger partial charge >= 0.3 is 12.0 Å². The lowest BCUT2D eigenvalue weighted by molar-refractivity contribution is -0.139. The van der Waals surface area contributed by atoms with Gasteiger partial charge in [0.1, 0.15) is 6.04 Å². The van der Waals surface area contributed by atoms with Crippen LogP contribution >= 0.6 is 11.8 Å². The average Bonchev–Trinajstić information content (AvgIpc) is 2.36. The monoisotopic (exact) mass is 288 g/mol. The van der Waals surface area contributed by atoms with Crippen molar-refractivity contribution in [1.82, 2.24) is 10.6 Å². The smallest absolute Gasteiger partial charge is 0.326 e. The molecule has 1 unspecified atom stereocenters. The molecule has 1 aliphatic rings. The third kappa shape index (κ3) is 6.71. The normalized spacial score (nSPS) is 20.9. The predicted molar refractivity (Wildman–Crippen MR) is 77.5 cm³/mol. The minimum absolute atomic E-state index is 0.232. The quantitative estimate of drug-likeness (QED) is 0.699. The van der Waals surface area contributed by atoms with Gasteiger partial charge in [-0.05, 0) is 30.9 Å². The average molecular weight is 288 g/mol. The zero-order valence-corrected chi connectivity index (χ0v) is 12.5. The number of thioether (sulfide) groups is 1. The van der Waals surface area contributed by atoms with Crippen LogP contribution in [0, 0.1) is 5.92 Å².